The van der Waals surface area contributed by atoms with Gasteiger partial charge in [0.05, 0.1) is 34.5 Å². The fourth-order valence-electron chi connectivity index (χ4n) is 5.37. The van der Waals surface area contributed by atoms with Gasteiger partial charge in [0.25, 0.3) is 5.56 Å². The number of hydrogen-bond donors (Lipinski definition) is 2. The zero-order chi connectivity index (χ0) is 30.4. The van der Waals surface area contributed by atoms with Crippen molar-refractivity contribution < 1.29 is 22.7 Å². The van der Waals surface area contributed by atoms with Gasteiger partial charge in [-0.1, -0.05) is 30.2 Å². The molecule has 0 saturated carbocycles. The first-order chi connectivity index (χ1) is 19.8. The van der Waals surface area contributed by atoms with Crippen molar-refractivity contribution >= 4 is 40.6 Å². The van der Waals surface area contributed by atoms with E-state index in [9.17, 15) is 22.8 Å². The minimum absolute atomic E-state index is 0.0369. The molecule has 224 valence electrons. The van der Waals surface area contributed by atoms with Crippen molar-refractivity contribution in [3.63, 3.8) is 0 Å². The number of halogens is 4. The highest BCUT2D eigenvalue weighted by atomic mass is 35.5. The number of fused-ring (bicyclic) bond motifs is 1. The van der Waals surface area contributed by atoms with E-state index in [2.05, 4.69) is 34.6 Å². The summed E-state index contributed by atoms with van der Waals surface area (Å²) in [5.74, 6) is 0.00735. The van der Waals surface area contributed by atoms with E-state index in [-0.39, 0.29) is 40.2 Å². The molecule has 1 saturated heterocycles. The molecule has 1 amide bonds. The lowest BCUT2D eigenvalue weighted by molar-refractivity contribution is -0.137. The first-order valence-corrected chi connectivity index (χ1v) is 14.1. The Hall–Kier alpha value is -3.48. The number of ether oxygens (including phenoxy) is 1. The third kappa shape index (κ3) is 6.16. The molecule has 13 heteroatoms. The zero-order valence-corrected chi connectivity index (χ0v) is 24.5. The summed E-state index contributed by atoms with van der Waals surface area (Å²) >= 11 is 6.08. The highest BCUT2D eigenvalue weighted by Gasteiger charge is 2.31. The molecule has 2 aliphatic heterocycles. The molecule has 0 bridgehead atoms. The predicted molar refractivity (Wildman–Crippen MR) is 154 cm³/mol. The molecular weight excluding hydrogens is 573 g/mol. The molecular formula is C29H32ClF3N6O3. The van der Waals surface area contributed by atoms with E-state index in [0.717, 1.165) is 35.8 Å². The van der Waals surface area contributed by atoms with Crippen LogP contribution in [-0.2, 0) is 28.7 Å². The van der Waals surface area contributed by atoms with Gasteiger partial charge in [-0.3, -0.25) is 9.59 Å². The standard InChI is InChI=1S/C29H32ClF3N6O3/c1-5-23-20(11-17-13-28(3,4)34-14-17)26(41)39-27(36-25(37-39)18-8-9-42-16(2)10-18)38(23)15-24(40)35-22-7-6-19(12-21(22)30)29(31,32)33/h6-8,11-12,16,34H,5,9-10,13-15H2,1-4H3,(H,35,40)/b17-11+. The van der Waals surface area contributed by atoms with Crippen LogP contribution in [0.15, 0.2) is 34.6 Å². The molecule has 5 rings (SSSR count). The van der Waals surface area contributed by atoms with Gasteiger partial charge < -0.3 is 19.9 Å². The smallest absolute Gasteiger partial charge is 0.374 e. The number of nitrogens with one attached hydrogen (secondary N) is 2. The quantitative estimate of drug-likeness (QED) is 0.405. The predicted octanol–water partition coefficient (Wildman–Crippen LogP) is 5.11. The zero-order valence-electron chi connectivity index (χ0n) is 23.7. The summed E-state index contributed by atoms with van der Waals surface area (Å²) in [7, 11) is 0. The molecule has 1 aromatic carbocycles. The van der Waals surface area contributed by atoms with Gasteiger partial charge >= 0.3 is 6.18 Å². The number of anilines is 1. The van der Waals surface area contributed by atoms with Crippen molar-refractivity contribution in [2.75, 3.05) is 18.5 Å². The summed E-state index contributed by atoms with van der Waals surface area (Å²) in [6.07, 6.45) is 0.844. The van der Waals surface area contributed by atoms with Gasteiger partial charge in [-0.2, -0.15) is 22.7 Å². The average Bonchev–Trinajstić information content (AvgIpc) is 3.51. The summed E-state index contributed by atoms with van der Waals surface area (Å²) in [6, 6.07) is 2.73. The lowest BCUT2D eigenvalue weighted by atomic mass is 9.99. The number of carbonyl (C=O) groups excluding carboxylic acids is 1. The van der Waals surface area contributed by atoms with Crippen molar-refractivity contribution in [3.8, 4) is 0 Å². The van der Waals surface area contributed by atoms with Gasteiger partial charge in [-0.25, -0.2) is 0 Å². The van der Waals surface area contributed by atoms with Crippen LogP contribution in [0, 0.1) is 0 Å². The SMILES string of the molecule is CCc1c(/C=C2/CNC(C)(C)C2)c(=O)n2nc(C3=CCOC(C)C3)nc2n1CC(=O)Nc1ccc(C(F)(F)F)cc1Cl. The highest BCUT2D eigenvalue weighted by molar-refractivity contribution is 6.33. The maximum atomic E-state index is 13.8. The number of rotatable bonds is 6. The lowest BCUT2D eigenvalue weighted by Gasteiger charge is -2.17. The Labute approximate surface area is 245 Å². The van der Waals surface area contributed by atoms with Crippen LogP contribution >= 0.6 is 11.6 Å². The van der Waals surface area contributed by atoms with Gasteiger partial charge in [0.15, 0.2) is 5.82 Å². The molecule has 3 aromatic rings. The maximum Gasteiger partial charge on any atom is 0.416 e. The van der Waals surface area contributed by atoms with Crippen LogP contribution in [0.1, 0.15) is 63.2 Å². The molecule has 2 aromatic heterocycles. The Morgan fingerprint density at radius 2 is 2.10 bits per heavy atom. The summed E-state index contributed by atoms with van der Waals surface area (Å²) in [6.45, 7) is 8.72. The molecule has 2 N–H and O–H groups in total. The van der Waals surface area contributed by atoms with E-state index in [1.165, 1.54) is 4.52 Å². The van der Waals surface area contributed by atoms with E-state index in [0.29, 0.717) is 43.1 Å². The van der Waals surface area contributed by atoms with Gasteiger partial charge in [0.1, 0.15) is 6.54 Å². The average molecular weight is 605 g/mol. The third-order valence-corrected chi connectivity index (χ3v) is 7.73. The van der Waals surface area contributed by atoms with Crippen molar-refractivity contribution in [1.29, 1.82) is 0 Å². The third-order valence-electron chi connectivity index (χ3n) is 7.41. The van der Waals surface area contributed by atoms with E-state index in [4.69, 9.17) is 16.3 Å². The highest BCUT2D eigenvalue weighted by Crippen LogP contribution is 2.34. The molecule has 0 radical (unpaired) electrons. The largest absolute Gasteiger partial charge is 0.416 e. The van der Waals surface area contributed by atoms with Crippen molar-refractivity contribution in [2.45, 2.75) is 71.3 Å². The van der Waals surface area contributed by atoms with Crippen LogP contribution in [-0.4, -0.2) is 49.9 Å². The van der Waals surface area contributed by atoms with Crippen LogP contribution in [0.25, 0.3) is 17.4 Å². The van der Waals surface area contributed by atoms with E-state index < -0.39 is 17.6 Å². The van der Waals surface area contributed by atoms with Crippen LogP contribution in [0.3, 0.4) is 0 Å². The second kappa shape index (κ2) is 11.3. The van der Waals surface area contributed by atoms with Crippen LogP contribution in [0.5, 0.6) is 0 Å². The summed E-state index contributed by atoms with van der Waals surface area (Å²) in [4.78, 5) is 31.8. The molecule has 0 spiro atoms. The molecule has 1 fully saturated rings. The van der Waals surface area contributed by atoms with Gasteiger partial charge in [-0.05, 0) is 63.5 Å². The number of benzene rings is 1. The van der Waals surface area contributed by atoms with E-state index in [1.807, 2.05) is 26.0 Å². The summed E-state index contributed by atoms with van der Waals surface area (Å²) in [5.41, 5.74) is 1.53. The normalized spacial score (nSPS) is 19.9. The Balaban J connectivity index is 1.59. The first kappa shape index (κ1) is 30.0. The Kier molecular flexibility index (Phi) is 8.08. The van der Waals surface area contributed by atoms with Crippen molar-refractivity contribution in [1.82, 2.24) is 24.5 Å². The Morgan fingerprint density at radius 1 is 1.33 bits per heavy atom. The molecule has 0 aliphatic carbocycles. The van der Waals surface area contributed by atoms with Crippen LogP contribution in [0.4, 0.5) is 18.9 Å². The van der Waals surface area contributed by atoms with E-state index >= 15 is 0 Å². The van der Waals surface area contributed by atoms with Crippen LogP contribution in [0.2, 0.25) is 5.02 Å². The van der Waals surface area contributed by atoms with Gasteiger partial charge in [0, 0.05) is 24.2 Å². The number of alkyl halides is 3. The van der Waals surface area contributed by atoms with Gasteiger partial charge in [0.2, 0.25) is 11.7 Å². The lowest BCUT2D eigenvalue weighted by Crippen LogP contribution is -2.31. The number of aromatic nitrogens is 4. The second-order valence-corrected chi connectivity index (χ2v) is 11.7. The summed E-state index contributed by atoms with van der Waals surface area (Å²) < 4.78 is 47.7. The van der Waals surface area contributed by atoms with Crippen molar-refractivity contribution in [2.24, 2.45) is 0 Å². The fourth-order valence-corrected chi connectivity index (χ4v) is 5.60. The topological polar surface area (TPSA) is 103 Å². The molecule has 9 nitrogen and oxygen atoms in total. The number of nitrogens with zero attached hydrogens (tertiary/aromatic N) is 4. The number of amides is 1. The fraction of sp³-hybridized carbons (Fsp3) is 0.448. The van der Waals surface area contributed by atoms with Crippen LogP contribution < -0.4 is 16.2 Å². The molecule has 2 aliphatic rings. The minimum atomic E-state index is -4.57. The molecule has 1 atom stereocenters. The number of hydrogen-bond acceptors (Lipinski definition) is 6. The maximum absolute atomic E-state index is 13.8. The van der Waals surface area contributed by atoms with E-state index in [1.54, 1.807) is 4.57 Å². The van der Waals surface area contributed by atoms with Crippen molar-refractivity contribution in [3.05, 3.63) is 67.9 Å². The summed E-state index contributed by atoms with van der Waals surface area (Å²) in [5, 5.41) is 10.3. The Bertz CT molecular complexity index is 1670. The number of carbonyl (C=O) groups is 1. The minimum Gasteiger partial charge on any atom is -0.374 e. The first-order valence-electron chi connectivity index (χ1n) is 13.7. The molecule has 4 heterocycles. The van der Waals surface area contributed by atoms with Gasteiger partial charge in [-0.15, -0.1) is 5.10 Å². The molecule has 42 heavy (non-hydrogen) atoms. The second-order valence-electron chi connectivity index (χ2n) is 11.3. The molecule has 1 unspecified atom stereocenters. The Morgan fingerprint density at radius 3 is 2.71 bits per heavy atom. The monoisotopic (exact) mass is 604 g/mol.